The lowest BCUT2D eigenvalue weighted by atomic mass is 10.0. The molecule has 2 aromatic carbocycles. The minimum absolute atomic E-state index is 0.0489. The van der Waals surface area contributed by atoms with Crippen molar-refractivity contribution in [1.29, 1.82) is 0 Å². The quantitative estimate of drug-likeness (QED) is 0.205. The maximum Gasteiger partial charge on any atom is 0.320 e. The van der Waals surface area contributed by atoms with Crippen molar-refractivity contribution in [1.82, 2.24) is 0 Å². The number of carbonyl (C=O) groups is 1. The van der Waals surface area contributed by atoms with E-state index in [1.165, 1.54) is 0 Å². The van der Waals surface area contributed by atoms with E-state index >= 15 is 0 Å². The molecule has 0 amide bonds. The Morgan fingerprint density at radius 1 is 0.828 bits per heavy atom. The average molecular weight is 442 g/mol. The largest absolute Gasteiger partial charge is 0.329 e. The van der Waals surface area contributed by atoms with E-state index in [1.807, 2.05) is 54.6 Å². The highest BCUT2D eigenvalue weighted by Crippen LogP contribution is 2.27. The molecule has 2 rings (SSSR count). The van der Waals surface area contributed by atoms with E-state index < -0.39 is 23.0 Å². The number of benzene rings is 2. The average Bonchev–Trinajstić information content (AvgIpc) is 2.70. The van der Waals surface area contributed by atoms with Crippen molar-refractivity contribution in [3.05, 3.63) is 60.2 Å². The Morgan fingerprint density at radius 2 is 1.41 bits per heavy atom. The van der Waals surface area contributed by atoms with Crippen LogP contribution in [0.2, 0.25) is 0 Å². The molecule has 0 saturated carbocycles. The summed E-state index contributed by atoms with van der Waals surface area (Å²) in [5.41, 5.74) is 2.80. The highest BCUT2D eigenvalue weighted by atomic mass is 31.1. The number of hydrogen-bond donors (Lipinski definition) is 2. The fourth-order valence-corrected chi connectivity index (χ4v) is 3.28. The highest BCUT2D eigenvalue weighted by molar-refractivity contribution is 7.32. The number of hydrogen-bond acceptors (Lipinski definition) is 6. The molecule has 158 valence electrons. The van der Waals surface area contributed by atoms with Crippen molar-refractivity contribution < 1.29 is 37.5 Å². The number of carbonyl (C=O) groups excluding carboxylic acids is 1. The molecule has 8 nitrogen and oxygen atoms in total. The third-order valence-electron chi connectivity index (χ3n) is 4.01. The van der Waals surface area contributed by atoms with Crippen molar-refractivity contribution in [2.45, 2.75) is 32.2 Å². The molecule has 0 spiro atoms. The summed E-state index contributed by atoms with van der Waals surface area (Å²) >= 11 is 0. The topological polar surface area (TPSA) is 119 Å². The highest BCUT2D eigenvalue weighted by Gasteiger charge is 2.15. The molecule has 0 saturated heterocycles. The van der Waals surface area contributed by atoms with Crippen LogP contribution in [0, 0.1) is 0 Å². The molecule has 0 bridgehead atoms. The van der Waals surface area contributed by atoms with Gasteiger partial charge in [-0.2, -0.15) is 0 Å². The van der Waals surface area contributed by atoms with E-state index in [1.54, 1.807) is 0 Å². The zero-order chi connectivity index (χ0) is 21.1. The van der Waals surface area contributed by atoms with Crippen LogP contribution in [0.4, 0.5) is 0 Å². The standard InChI is InChI=1S/C19H24O8P2/c20-18(17-12-10-16(11-13-17)15-7-3-1-4-8-15)9-5-2-6-14-25-19(26-28(21)22)27-29(23)24/h1,3-4,7-8,10-13,19,28-29H,2,5-6,9,14H2,(H,21,22)(H,23,24). The van der Waals surface area contributed by atoms with Gasteiger partial charge >= 0.3 is 16.5 Å². The van der Waals surface area contributed by atoms with Crippen LogP contribution in [-0.4, -0.2) is 28.7 Å². The first-order chi connectivity index (χ1) is 14.0. The Balaban J connectivity index is 1.69. The summed E-state index contributed by atoms with van der Waals surface area (Å²) in [4.78, 5) is 29.7. The molecule has 2 aromatic rings. The first kappa shape index (κ1) is 23.6. The molecule has 0 aromatic heterocycles. The van der Waals surface area contributed by atoms with Crippen molar-refractivity contribution in [2.24, 2.45) is 0 Å². The summed E-state index contributed by atoms with van der Waals surface area (Å²) in [6.45, 7) is -1.57. The first-order valence-electron chi connectivity index (χ1n) is 9.05. The van der Waals surface area contributed by atoms with Gasteiger partial charge < -0.3 is 14.5 Å². The van der Waals surface area contributed by atoms with E-state index in [2.05, 4.69) is 9.05 Å². The lowest BCUT2D eigenvalue weighted by Gasteiger charge is -2.15. The van der Waals surface area contributed by atoms with Gasteiger partial charge in [0.1, 0.15) is 0 Å². The van der Waals surface area contributed by atoms with E-state index in [0.717, 1.165) is 11.1 Å². The smallest absolute Gasteiger partial charge is 0.320 e. The first-order valence-corrected chi connectivity index (χ1v) is 11.6. The molecule has 0 heterocycles. The fourth-order valence-electron chi connectivity index (χ4n) is 2.62. The number of ketones is 1. The van der Waals surface area contributed by atoms with E-state index in [-0.39, 0.29) is 12.4 Å². The molecule has 2 unspecified atom stereocenters. The Labute approximate surface area is 170 Å². The molecule has 0 radical (unpaired) electrons. The normalized spacial score (nSPS) is 14.3. The molecular weight excluding hydrogens is 418 g/mol. The van der Waals surface area contributed by atoms with Gasteiger partial charge in [-0.15, -0.1) is 0 Å². The third kappa shape index (κ3) is 9.15. The Kier molecular flexibility index (Phi) is 10.5. The van der Waals surface area contributed by atoms with Crippen LogP contribution in [0.15, 0.2) is 54.6 Å². The predicted molar refractivity (Wildman–Crippen MR) is 109 cm³/mol. The number of rotatable bonds is 13. The summed E-state index contributed by atoms with van der Waals surface area (Å²) in [7, 11) is -6.73. The van der Waals surface area contributed by atoms with Crippen LogP contribution in [0.25, 0.3) is 11.1 Å². The predicted octanol–water partition coefficient (Wildman–Crippen LogP) is 4.19. The van der Waals surface area contributed by atoms with Gasteiger partial charge in [0, 0.05) is 12.0 Å². The van der Waals surface area contributed by atoms with Crippen LogP contribution >= 0.6 is 16.5 Å². The second-order valence-corrected chi connectivity index (χ2v) is 7.64. The molecule has 29 heavy (non-hydrogen) atoms. The SMILES string of the molecule is O=C(CCCCCOC(O[PH](=O)O)O[PH](=O)O)c1ccc(-c2ccccc2)cc1. The summed E-state index contributed by atoms with van der Waals surface area (Å²) in [5.74, 6) is 0.0489. The molecule has 0 fully saturated rings. The summed E-state index contributed by atoms with van der Waals surface area (Å²) < 4.78 is 35.0. The molecule has 2 N–H and O–H groups in total. The van der Waals surface area contributed by atoms with Gasteiger partial charge in [-0.1, -0.05) is 61.0 Å². The molecule has 10 heteroatoms. The minimum atomic E-state index is -3.37. The van der Waals surface area contributed by atoms with Crippen molar-refractivity contribution in [3.63, 3.8) is 0 Å². The second-order valence-electron chi connectivity index (χ2n) is 6.10. The summed E-state index contributed by atoms with van der Waals surface area (Å²) in [5, 5.41) is 0. The summed E-state index contributed by atoms with van der Waals surface area (Å²) in [6.07, 6.45) is 2.23. The third-order valence-corrected chi connectivity index (χ3v) is 4.80. The number of unbranched alkanes of at least 4 members (excludes halogenated alkanes) is 2. The zero-order valence-electron chi connectivity index (χ0n) is 15.7. The van der Waals surface area contributed by atoms with Gasteiger partial charge in [0.15, 0.2) is 5.78 Å². The van der Waals surface area contributed by atoms with Crippen LogP contribution in [0.5, 0.6) is 0 Å². The van der Waals surface area contributed by atoms with Crippen LogP contribution in [-0.2, 0) is 22.9 Å². The Hall–Kier alpha value is -1.63. The molecule has 0 aliphatic rings. The van der Waals surface area contributed by atoms with Crippen LogP contribution < -0.4 is 0 Å². The molecule has 2 atom stereocenters. The van der Waals surface area contributed by atoms with Gasteiger partial charge in [0.25, 0.3) is 6.48 Å². The van der Waals surface area contributed by atoms with E-state index in [0.29, 0.717) is 31.2 Å². The minimum Gasteiger partial charge on any atom is -0.329 e. The second kappa shape index (κ2) is 12.8. The lowest BCUT2D eigenvalue weighted by Crippen LogP contribution is -2.16. The Morgan fingerprint density at radius 3 is 2.00 bits per heavy atom. The monoisotopic (exact) mass is 442 g/mol. The number of Topliss-reactive ketones (excluding diaryl/α,β-unsaturated/α-hetero) is 1. The van der Waals surface area contributed by atoms with Gasteiger partial charge in [-0.3, -0.25) is 23.0 Å². The van der Waals surface area contributed by atoms with Gasteiger partial charge in [0.05, 0.1) is 6.61 Å². The Bertz CT molecular complexity index is 795. The van der Waals surface area contributed by atoms with Gasteiger partial charge in [-0.25, -0.2) is 0 Å². The maximum absolute atomic E-state index is 12.3. The lowest BCUT2D eigenvalue weighted by molar-refractivity contribution is -0.200. The van der Waals surface area contributed by atoms with Crippen LogP contribution in [0.1, 0.15) is 36.0 Å². The molecular formula is C19H24O8P2. The fraction of sp³-hybridized carbons (Fsp3) is 0.316. The summed E-state index contributed by atoms with van der Waals surface area (Å²) in [6, 6.07) is 17.4. The van der Waals surface area contributed by atoms with E-state index in [4.69, 9.17) is 14.5 Å². The number of ether oxygens (including phenoxy) is 1. The molecule has 0 aliphatic carbocycles. The van der Waals surface area contributed by atoms with Crippen LogP contribution in [0.3, 0.4) is 0 Å². The maximum atomic E-state index is 12.3. The van der Waals surface area contributed by atoms with Crippen molar-refractivity contribution >= 4 is 22.3 Å². The van der Waals surface area contributed by atoms with Gasteiger partial charge in [0.2, 0.25) is 0 Å². The molecule has 0 aliphatic heterocycles. The van der Waals surface area contributed by atoms with Gasteiger partial charge in [-0.05, 0) is 24.0 Å². The zero-order valence-corrected chi connectivity index (χ0v) is 17.7. The van der Waals surface area contributed by atoms with Crippen molar-refractivity contribution in [2.75, 3.05) is 6.61 Å². The van der Waals surface area contributed by atoms with E-state index in [9.17, 15) is 13.9 Å². The van der Waals surface area contributed by atoms with Crippen molar-refractivity contribution in [3.8, 4) is 11.1 Å².